The lowest BCUT2D eigenvalue weighted by molar-refractivity contribution is -0.137. The van der Waals surface area contributed by atoms with Crippen molar-refractivity contribution in [3.8, 4) is 0 Å². The van der Waals surface area contributed by atoms with Gasteiger partial charge in [0.15, 0.2) is 0 Å². The molecule has 0 spiro atoms. The van der Waals surface area contributed by atoms with Crippen molar-refractivity contribution in [3.63, 3.8) is 0 Å². The van der Waals surface area contributed by atoms with Crippen LogP contribution in [-0.2, 0) is 12.6 Å². The van der Waals surface area contributed by atoms with Crippen LogP contribution in [0.2, 0.25) is 0 Å². The van der Waals surface area contributed by atoms with Crippen LogP contribution in [0, 0.1) is 11.8 Å². The highest BCUT2D eigenvalue weighted by Gasteiger charge is 2.30. The number of alkyl halides is 3. The Bertz CT molecular complexity index is 397. The minimum absolute atomic E-state index is 0.553. The molecule has 21 heavy (non-hydrogen) atoms. The van der Waals surface area contributed by atoms with Crippen LogP contribution in [0.5, 0.6) is 0 Å². The Hall–Kier alpha value is -1.03. The summed E-state index contributed by atoms with van der Waals surface area (Å²) >= 11 is 0. The summed E-state index contributed by atoms with van der Waals surface area (Å²) in [6.07, 6.45) is 1.67. The second kappa shape index (κ2) is 8.42. The van der Waals surface area contributed by atoms with E-state index < -0.39 is 11.7 Å². The third kappa shape index (κ3) is 6.51. The molecule has 4 heteroatoms. The van der Waals surface area contributed by atoms with Gasteiger partial charge in [0, 0.05) is 0 Å². The second-order valence-electron chi connectivity index (χ2n) is 6.04. The zero-order chi connectivity index (χ0) is 15.9. The van der Waals surface area contributed by atoms with Crippen molar-refractivity contribution in [2.75, 3.05) is 14.1 Å². The molecule has 0 radical (unpaired) electrons. The van der Waals surface area contributed by atoms with Gasteiger partial charge in [-0.3, -0.25) is 0 Å². The summed E-state index contributed by atoms with van der Waals surface area (Å²) in [7, 11) is 3.75. The van der Waals surface area contributed by atoms with Gasteiger partial charge in [0.05, 0.1) is 5.56 Å². The van der Waals surface area contributed by atoms with Gasteiger partial charge >= 0.3 is 6.18 Å². The van der Waals surface area contributed by atoms with Crippen LogP contribution in [0.3, 0.4) is 0 Å². The molecule has 0 aromatic heterocycles. The first-order valence-corrected chi connectivity index (χ1v) is 7.61. The van der Waals surface area contributed by atoms with E-state index in [0.29, 0.717) is 5.92 Å². The summed E-state index contributed by atoms with van der Waals surface area (Å²) in [5.74, 6) is 1.41. The molecule has 0 amide bonds. The molecular formula is C17H26F3N. The minimum atomic E-state index is -4.22. The molecule has 2 rings (SSSR count). The standard InChI is InChI=1S/C15H19F3.C2H7N/c1-11-3-2-4-13(9-11)10-12-5-7-14(8-6-12)15(16,17)18;1-3-2/h5-8,11,13H,2-4,9-10H2,1H3;3H,1-2H3. The Morgan fingerprint density at radius 1 is 1.10 bits per heavy atom. The van der Waals surface area contributed by atoms with Gasteiger partial charge < -0.3 is 5.32 Å². The van der Waals surface area contributed by atoms with E-state index in [1.165, 1.54) is 37.8 Å². The topological polar surface area (TPSA) is 12.0 Å². The molecule has 120 valence electrons. The van der Waals surface area contributed by atoms with Gasteiger partial charge in [0.1, 0.15) is 0 Å². The summed E-state index contributed by atoms with van der Waals surface area (Å²) in [5.41, 5.74) is 0.477. The quantitative estimate of drug-likeness (QED) is 0.818. The molecule has 1 aliphatic rings. The first kappa shape index (κ1) is 18.0. The number of hydrogen-bond acceptors (Lipinski definition) is 1. The van der Waals surface area contributed by atoms with E-state index in [0.717, 1.165) is 17.9 Å². The molecule has 1 N–H and O–H groups in total. The van der Waals surface area contributed by atoms with Crippen molar-refractivity contribution in [2.24, 2.45) is 11.8 Å². The van der Waals surface area contributed by atoms with E-state index in [9.17, 15) is 13.2 Å². The molecule has 1 nitrogen and oxygen atoms in total. The van der Waals surface area contributed by atoms with Crippen molar-refractivity contribution in [3.05, 3.63) is 35.4 Å². The van der Waals surface area contributed by atoms with Gasteiger partial charge in [0.2, 0.25) is 0 Å². The predicted molar refractivity (Wildman–Crippen MR) is 81.3 cm³/mol. The molecule has 0 bridgehead atoms. The van der Waals surface area contributed by atoms with Crippen molar-refractivity contribution in [1.82, 2.24) is 5.32 Å². The van der Waals surface area contributed by atoms with Crippen LogP contribution < -0.4 is 5.32 Å². The molecule has 0 aliphatic heterocycles. The fourth-order valence-electron chi connectivity index (χ4n) is 2.91. The molecule has 0 heterocycles. The molecule has 0 saturated heterocycles. The van der Waals surface area contributed by atoms with Crippen LogP contribution in [-0.4, -0.2) is 14.1 Å². The number of hydrogen-bond donors (Lipinski definition) is 1. The van der Waals surface area contributed by atoms with Crippen LogP contribution in [0.4, 0.5) is 13.2 Å². The van der Waals surface area contributed by atoms with Gasteiger partial charge in [-0.1, -0.05) is 38.3 Å². The van der Waals surface area contributed by atoms with Crippen LogP contribution in [0.1, 0.15) is 43.7 Å². The Labute approximate surface area is 125 Å². The van der Waals surface area contributed by atoms with E-state index >= 15 is 0 Å². The second-order valence-corrected chi connectivity index (χ2v) is 6.04. The predicted octanol–water partition coefficient (Wildman–Crippen LogP) is 4.91. The third-order valence-electron chi connectivity index (χ3n) is 3.85. The molecular weight excluding hydrogens is 275 g/mol. The normalized spacial score (nSPS) is 22.4. The lowest BCUT2D eigenvalue weighted by Crippen LogP contribution is -2.15. The number of nitrogens with one attached hydrogen (secondary N) is 1. The smallest absolute Gasteiger partial charge is 0.323 e. The van der Waals surface area contributed by atoms with Gasteiger partial charge in [-0.25, -0.2) is 0 Å². The lowest BCUT2D eigenvalue weighted by atomic mass is 9.79. The highest BCUT2D eigenvalue weighted by atomic mass is 19.4. The van der Waals surface area contributed by atoms with E-state index in [1.807, 2.05) is 14.1 Å². The average Bonchev–Trinajstić information content (AvgIpc) is 2.39. The van der Waals surface area contributed by atoms with Gasteiger partial charge in [-0.05, 0) is 56.5 Å². The first-order chi connectivity index (χ1) is 9.86. The lowest BCUT2D eigenvalue weighted by Gasteiger charge is -2.26. The van der Waals surface area contributed by atoms with Gasteiger partial charge in [0.25, 0.3) is 0 Å². The monoisotopic (exact) mass is 301 g/mol. The maximum Gasteiger partial charge on any atom is 0.416 e. The summed E-state index contributed by atoms with van der Waals surface area (Å²) in [5, 5.41) is 2.75. The van der Waals surface area contributed by atoms with Crippen molar-refractivity contribution < 1.29 is 13.2 Å². The summed E-state index contributed by atoms with van der Waals surface area (Å²) in [4.78, 5) is 0. The first-order valence-electron chi connectivity index (χ1n) is 7.61. The Balaban J connectivity index is 0.000000677. The fourth-order valence-corrected chi connectivity index (χ4v) is 2.91. The maximum absolute atomic E-state index is 12.4. The molecule has 2 unspecified atom stereocenters. The van der Waals surface area contributed by atoms with E-state index in [-0.39, 0.29) is 0 Å². The largest absolute Gasteiger partial charge is 0.416 e. The number of rotatable bonds is 2. The molecule has 2 atom stereocenters. The molecule has 1 aromatic rings. The Morgan fingerprint density at radius 2 is 1.67 bits per heavy atom. The van der Waals surface area contributed by atoms with Crippen molar-refractivity contribution >= 4 is 0 Å². The Kier molecular flexibility index (Phi) is 7.23. The third-order valence-corrected chi connectivity index (χ3v) is 3.85. The molecule has 1 fully saturated rings. The average molecular weight is 301 g/mol. The van der Waals surface area contributed by atoms with Crippen LogP contribution in [0.15, 0.2) is 24.3 Å². The van der Waals surface area contributed by atoms with Crippen LogP contribution in [0.25, 0.3) is 0 Å². The highest BCUT2D eigenvalue weighted by molar-refractivity contribution is 5.24. The zero-order valence-corrected chi connectivity index (χ0v) is 13.1. The zero-order valence-electron chi connectivity index (χ0n) is 13.1. The maximum atomic E-state index is 12.4. The molecule has 1 saturated carbocycles. The van der Waals surface area contributed by atoms with Crippen LogP contribution >= 0.6 is 0 Å². The van der Waals surface area contributed by atoms with Gasteiger partial charge in [-0.15, -0.1) is 0 Å². The Morgan fingerprint density at radius 3 is 2.14 bits per heavy atom. The number of halogens is 3. The SMILES string of the molecule is CC1CCCC(Cc2ccc(C(F)(F)F)cc2)C1.CNC. The molecule has 1 aromatic carbocycles. The minimum Gasteiger partial charge on any atom is -0.323 e. The van der Waals surface area contributed by atoms with Crippen molar-refractivity contribution in [2.45, 2.75) is 45.2 Å². The van der Waals surface area contributed by atoms with E-state index in [4.69, 9.17) is 0 Å². The summed E-state index contributed by atoms with van der Waals surface area (Å²) in [6.45, 7) is 2.26. The fraction of sp³-hybridized carbons (Fsp3) is 0.647. The van der Waals surface area contributed by atoms with Gasteiger partial charge in [-0.2, -0.15) is 13.2 Å². The van der Waals surface area contributed by atoms with E-state index in [1.54, 1.807) is 12.1 Å². The summed E-state index contributed by atoms with van der Waals surface area (Å²) in [6, 6.07) is 5.65. The number of benzene rings is 1. The summed E-state index contributed by atoms with van der Waals surface area (Å²) < 4.78 is 37.3. The van der Waals surface area contributed by atoms with E-state index in [2.05, 4.69) is 12.2 Å². The molecule has 1 aliphatic carbocycles. The highest BCUT2D eigenvalue weighted by Crippen LogP contribution is 2.32. The van der Waals surface area contributed by atoms with Crippen molar-refractivity contribution in [1.29, 1.82) is 0 Å².